The van der Waals surface area contributed by atoms with Gasteiger partial charge in [-0.25, -0.2) is 0 Å². The first kappa shape index (κ1) is 44.1. The molecule has 0 aromatic heterocycles. The Morgan fingerprint density at radius 2 is 0.500 bits per heavy atom. The summed E-state index contributed by atoms with van der Waals surface area (Å²) in [5, 5.41) is 0. The van der Waals surface area contributed by atoms with Gasteiger partial charge in [0.25, 0.3) is 0 Å². The summed E-state index contributed by atoms with van der Waals surface area (Å²) in [5.74, 6) is 0. The van der Waals surface area contributed by atoms with Crippen molar-refractivity contribution in [3.8, 4) is 0 Å². The van der Waals surface area contributed by atoms with Crippen molar-refractivity contribution in [2.45, 2.75) is 208 Å². The molecule has 0 saturated heterocycles. The normalized spacial score (nSPS) is 13.0. The average molecular weight is 679 g/mol. The summed E-state index contributed by atoms with van der Waals surface area (Å²) in [6, 6.07) is 10.5. The Morgan fingerprint density at radius 1 is 0.283 bits per heavy atom. The summed E-state index contributed by atoms with van der Waals surface area (Å²) >= 11 is 0. The summed E-state index contributed by atoms with van der Waals surface area (Å²) in [7, 11) is -2.60. The van der Waals surface area contributed by atoms with Gasteiger partial charge in [-0.3, -0.25) is 0 Å². The molecule has 1 aromatic rings. The third-order valence-corrected chi connectivity index (χ3v) is 22.3. The Labute approximate surface area is 293 Å². The number of benzene rings is 1. The second-order valence-electron chi connectivity index (χ2n) is 16.0. The molecule has 1 aromatic carbocycles. The van der Waals surface area contributed by atoms with E-state index in [1.165, 1.54) is 166 Å². The zero-order valence-corrected chi connectivity index (χ0v) is 34.9. The van der Waals surface area contributed by atoms with E-state index < -0.39 is 14.5 Å². The Kier molecular flexibility index (Phi) is 28.7. The van der Waals surface area contributed by atoms with Crippen LogP contribution in [0.5, 0.6) is 0 Å². The van der Waals surface area contributed by atoms with Crippen molar-refractivity contribution in [2.24, 2.45) is 0 Å². The molecular weight excluding hydrogens is 590 g/mol. The van der Waals surface area contributed by atoms with Crippen molar-refractivity contribution < 1.29 is 0 Å². The molecular formula is C44H88P2. The molecule has 0 saturated carbocycles. The molecule has 0 heterocycles. The van der Waals surface area contributed by atoms with E-state index in [0.717, 1.165) is 0 Å². The van der Waals surface area contributed by atoms with Crippen LogP contribution in [0, 0.1) is 0 Å². The number of hydrogen-bond donors (Lipinski definition) is 0. The molecule has 0 N–H and O–H groups in total. The van der Waals surface area contributed by atoms with Gasteiger partial charge in [-0.2, -0.15) is 0 Å². The van der Waals surface area contributed by atoms with Crippen molar-refractivity contribution in [2.75, 3.05) is 37.0 Å². The quantitative estimate of drug-likeness (QED) is 0.0503. The van der Waals surface area contributed by atoms with Gasteiger partial charge in [0.2, 0.25) is 0 Å². The minimum absolute atomic E-state index is 1.25. The van der Waals surface area contributed by atoms with E-state index in [4.69, 9.17) is 0 Å². The molecule has 0 fully saturated rings. The van der Waals surface area contributed by atoms with E-state index in [2.05, 4.69) is 65.8 Å². The van der Waals surface area contributed by atoms with Gasteiger partial charge in [-0.1, -0.05) is 0 Å². The monoisotopic (exact) mass is 679 g/mol. The average Bonchev–Trinajstić information content (AvgIpc) is 3.07. The molecule has 1 rings (SSSR count). The van der Waals surface area contributed by atoms with Crippen LogP contribution in [0.1, 0.15) is 207 Å². The van der Waals surface area contributed by atoms with E-state index in [-0.39, 0.29) is 0 Å². The predicted octanol–water partition coefficient (Wildman–Crippen LogP) is 15.7. The van der Waals surface area contributed by atoms with Gasteiger partial charge in [-0.05, 0) is 0 Å². The number of rotatable bonds is 34. The molecule has 2 heteroatoms. The Balaban J connectivity index is 3.13. The first-order valence-corrected chi connectivity index (χ1v) is 27.3. The van der Waals surface area contributed by atoms with E-state index in [1.807, 2.05) is 0 Å². The van der Waals surface area contributed by atoms with Gasteiger partial charge in [0, 0.05) is 0 Å². The Bertz CT molecular complexity index is 706. The van der Waals surface area contributed by atoms with Crippen LogP contribution in [-0.2, 0) is 12.3 Å². The van der Waals surface area contributed by atoms with Crippen LogP contribution in [0.15, 0.2) is 24.3 Å². The first-order valence-electron chi connectivity index (χ1n) is 21.6. The number of hydrogen-bond acceptors (Lipinski definition) is 0. The second kappa shape index (κ2) is 29.9. The topological polar surface area (TPSA) is 0 Å². The van der Waals surface area contributed by atoms with Crippen LogP contribution in [0.4, 0.5) is 0 Å². The summed E-state index contributed by atoms with van der Waals surface area (Å²) in [4.78, 5) is 0. The fraction of sp³-hybridized carbons (Fsp3) is 0.864. The van der Waals surface area contributed by atoms with E-state index in [9.17, 15) is 0 Å². The second-order valence-corrected chi connectivity index (χ2v) is 25.7. The summed E-state index contributed by atoms with van der Waals surface area (Å²) < 4.78 is 0. The molecule has 0 aliphatic rings. The molecule has 0 spiro atoms. The molecule has 46 heavy (non-hydrogen) atoms. The molecule has 0 nitrogen and oxygen atoms in total. The Hall–Kier alpha value is 0.0800. The maximum absolute atomic E-state index is 2.64. The van der Waals surface area contributed by atoms with Crippen LogP contribution in [0.25, 0.3) is 0 Å². The van der Waals surface area contributed by atoms with Gasteiger partial charge < -0.3 is 0 Å². The van der Waals surface area contributed by atoms with Crippen LogP contribution < -0.4 is 0 Å². The van der Waals surface area contributed by atoms with E-state index in [1.54, 1.807) is 48.1 Å². The maximum atomic E-state index is 2.64. The third-order valence-electron chi connectivity index (χ3n) is 11.5. The van der Waals surface area contributed by atoms with Crippen molar-refractivity contribution in [1.29, 1.82) is 0 Å². The first-order chi connectivity index (χ1) is 22.5. The fourth-order valence-electron chi connectivity index (χ4n) is 8.42. The zero-order valence-electron chi connectivity index (χ0n) is 32.9. The Morgan fingerprint density at radius 3 is 0.761 bits per heavy atom. The molecule has 0 aliphatic carbocycles. The number of unbranched alkanes of at least 4 members (excludes halogenated alkanes) is 18. The van der Waals surface area contributed by atoms with Crippen LogP contribution >= 0.6 is 14.5 Å². The molecule has 274 valence electrons. The van der Waals surface area contributed by atoms with Crippen LogP contribution in [0.3, 0.4) is 0 Å². The molecule has 0 unspecified atom stereocenters. The molecule has 0 bridgehead atoms. The van der Waals surface area contributed by atoms with Crippen molar-refractivity contribution in [1.82, 2.24) is 0 Å². The van der Waals surface area contributed by atoms with Crippen LogP contribution in [0.2, 0.25) is 0 Å². The summed E-state index contributed by atoms with van der Waals surface area (Å²) in [6.45, 7) is 14.3. The molecule has 0 aliphatic heterocycles. The van der Waals surface area contributed by atoms with E-state index in [0.29, 0.717) is 0 Å². The van der Waals surface area contributed by atoms with Gasteiger partial charge in [-0.15, -0.1) is 0 Å². The summed E-state index contributed by atoms with van der Waals surface area (Å²) in [5.41, 5.74) is 3.40. The zero-order chi connectivity index (χ0) is 33.6. The summed E-state index contributed by atoms with van der Waals surface area (Å²) in [6.07, 6.45) is 47.1. The predicted molar refractivity (Wildman–Crippen MR) is 225 cm³/mol. The van der Waals surface area contributed by atoms with Gasteiger partial charge >= 0.3 is 295 Å². The van der Waals surface area contributed by atoms with Gasteiger partial charge in [0.05, 0.1) is 0 Å². The van der Waals surface area contributed by atoms with Gasteiger partial charge in [0.1, 0.15) is 0 Å². The van der Waals surface area contributed by atoms with Crippen molar-refractivity contribution in [3.05, 3.63) is 35.4 Å². The fourth-order valence-corrected chi connectivity index (χ4v) is 19.5. The van der Waals surface area contributed by atoms with Crippen molar-refractivity contribution in [3.63, 3.8) is 0 Å². The molecule has 0 amide bonds. The van der Waals surface area contributed by atoms with Gasteiger partial charge in [0.15, 0.2) is 0 Å². The van der Waals surface area contributed by atoms with E-state index >= 15 is 0 Å². The minimum atomic E-state index is -1.35. The van der Waals surface area contributed by atoms with Crippen molar-refractivity contribution >= 4 is 14.5 Å². The standard InChI is InChI=1S/C44H88P2/c1-7-13-19-22-25-28-38-46(39-29-26-23-20-14-8-2,40-30-27-24-21-15-9-3)42-44-33-31-43(32-34-44)41-45(35-16-10-4,36-17-11-5)37-18-12-6/h31-34,45-46H,7-30,35-42H2,1-6H3. The molecule has 0 radical (unpaired) electrons. The molecule has 0 atom stereocenters. The van der Waals surface area contributed by atoms with Crippen LogP contribution in [-0.4, -0.2) is 37.0 Å². The third kappa shape index (κ3) is 21.2. The SMILES string of the molecule is CCCCCCCC[PH](CCCCCCCC)(CCCCCCCC)Cc1ccc(C[PH](CCCC)(CCCC)CCCC)cc1.